The second-order valence-electron chi connectivity index (χ2n) is 8.03. The lowest BCUT2D eigenvalue weighted by Gasteiger charge is -2.22. The quantitative estimate of drug-likeness (QED) is 0.727. The maximum atomic E-state index is 13.1. The summed E-state index contributed by atoms with van der Waals surface area (Å²) in [7, 11) is 0. The van der Waals surface area contributed by atoms with E-state index in [1.54, 1.807) is 0 Å². The number of nitrogens with zero attached hydrogens (tertiary/aromatic N) is 2. The fraction of sp³-hybridized carbons (Fsp3) is 0.292. The highest BCUT2D eigenvalue weighted by Gasteiger charge is 2.45. The van der Waals surface area contributed by atoms with Crippen molar-refractivity contribution in [3.63, 3.8) is 0 Å². The lowest BCUT2D eigenvalue weighted by atomic mass is 9.99. The molecule has 1 amide bonds. The van der Waals surface area contributed by atoms with Crippen LogP contribution in [0, 0.1) is 11.8 Å². The number of ether oxygens (including phenoxy) is 1. The molecule has 1 aliphatic carbocycles. The summed E-state index contributed by atoms with van der Waals surface area (Å²) in [6.07, 6.45) is 2.17. The van der Waals surface area contributed by atoms with Crippen LogP contribution >= 0.6 is 0 Å². The van der Waals surface area contributed by atoms with E-state index in [1.807, 2.05) is 65.6 Å². The molecule has 5 rings (SSSR count). The normalized spacial score (nSPS) is 22.7. The van der Waals surface area contributed by atoms with Crippen LogP contribution in [0.3, 0.4) is 0 Å². The number of hydrogen-bond donors (Lipinski definition) is 1. The number of fused-ring (bicyclic) bond motifs is 1. The molecule has 1 aliphatic heterocycles. The van der Waals surface area contributed by atoms with E-state index in [0.29, 0.717) is 30.7 Å². The number of aromatic amines is 1. The molecule has 0 unspecified atom stereocenters. The number of carbonyl (C=O) groups is 1. The molecule has 30 heavy (non-hydrogen) atoms. The Morgan fingerprint density at radius 2 is 1.73 bits per heavy atom. The van der Waals surface area contributed by atoms with Crippen LogP contribution in [0.2, 0.25) is 0 Å². The first-order valence-corrected chi connectivity index (χ1v) is 10.3. The number of para-hydroxylation sites is 1. The zero-order valence-corrected chi connectivity index (χ0v) is 16.5. The third kappa shape index (κ3) is 3.61. The van der Waals surface area contributed by atoms with Gasteiger partial charge >= 0.3 is 0 Å². The van der Waals surface area contributed by atoms with Crippen LogP contribution in [-0.2, 0) is 0 Å². The van der Waals surface area contributed by atoms with Crippen molar-refractivity contribution in [3.05, 3.63) is 82.8 Å². The minimum atomic E-state index is -0.322. The van der Waals surface area contributed by atoms with Gasteiger partial charge in [0.2, 0.25) is 0 Å². The molecule has 0 bridgehead atoms. The largest absolute Gasteiger partial charge is 0.490 e. The van der Waals surface area contributed by atoms with E-state index in [2.05, 4.69) is 9.97 Å². The van der Waals surface area contributed by atoms with Crippen molar-refractivity contribution in [3.8, 4) is 17.1 Å². The molecule has 0 spiro atoms. The van der Waals surface area contributed by atoms with Gasteiger partial charge in [0.05, 0.1) is 0 Å². The first-order chi connectivity index (χ1) is 14.7. The summed E-state index contributed by atoms with van der Waals surface area (Å²) >= 11 is 0. The topological polar surface area (TPSA) is 75.3 Å². The predicted molar refractivity (Wildman–Crippen MR) is 113 cm³/mol. The summed E-state index contributed by atoms with van der Waals surface area (Å²) in [5.41, 5.74) is 0.647. The Kier molecular flexibility index (Phi) is 4.83. The lowest BCUT2D eigenvalue weighted by Crippen LogP contribution is -2.33. The van der Waals surface area contributed by atoms with Crippen molar-refractivity contribution in [2.24, 2.45) is 11.8 Å². The van der Waals surface area contributed by atoms with Crippen LogP contribution in [0.1, 0.15) is 23.3 Å². The number of hydrogen-bond acceptors (Lipinski definition) is 4. The zero-order valence-electron chi connectivity index (χ0n) is 16.5. The van der Waals surface area contributed by atoms with Crippen LogP contribution < -0.4 is 10.3 Å². The van der Waals surface area contributed by atoms with Crippen molar-refractivity contribution < 1.29 is 9.53 Å². The summed E-state index contributed by atoms with van der Waals surface area (Å²) < 4.78 is 6.21. The molecule has 1 saturated carbocycles. The number of H-pyrrole nitrogens is 1. The first kappa shape index (κ1) is 18.6. The van der Waals surface area contributed by atoms with Crippen LogP contribution in [-0.4, -0.2) is 40.0 Å². The van der Waals surface area contributed by atoms with Gasteiger partial charge in [-0.05, 0) is 30.9 Å². The minimum Gasteiger partial charge on any atom is -0.490 e. The molecule has 152 valence electrons. The Morgan fingerprint density at radius 3 is 2.50 bits per heavy atom. The Balaban J connectivity index is 1.33. The maximum absolute atomic E-state index is 13.1. The van der Waals surface area contributed by atoms with E-state index >= 15 is 0 Å². The number of benzene rings is 2. The van der Waals surface area contributed by atoms with Gasteiger partial charge in [-0.3, -0.25) is 9.59 Å². The number of likely N-dealkylation sites (tertiary alicyclic amines) is 1. The number of aromatic nitrogens is 2. The van der Waals surface area contributed by atoms with E-state index in [1.165, 1.54) is 6.07 Å². The lowest BCUT2D eigenvalue weighted by molar-refractivity contribution is 0.0756. The molecule has 2 aliphatic rings. The molecule has 2 aromatic carbocycles. The van der Waals surface area contributed by atoms with E-state index < -0.39 is 0 Å². The smallest absolute Gasteiger partial charge is 0.272 e. The average molecular weight is 401 g/mol. The van der Waals surface area contributed by atoms with Crippen molar-refractivity contribution in [1.82, 2.24) is 14.9 Å². The molecule has 6 heteroatoms. The van der Waals surface area contributed by atoms with Crippen LogP contribution in [0.5, 0.6) is 5.75 Å². The molecule has 1 N–H and O–H groups in total. The molecule has 1 aromatic heterocycles. The van der Waals surface area contributed by atoms with E-state index in [9.17, 15) is 9.59 Å². The molecule has 0 radical (unpaired) electrons. The number of carbonyl (C=O) groups excluding carboxylic acids is 1. The number of nitrogens with one attached hydrogen (secondary N) is 1. The van der Waals surface area contributed by atoms with Gasteiger partial charge in [-0.2, -0.15) is 0 Å². The highest BCUT2D eigenvalue weighted by molar-refractivity contribution is 5.92. The fourth-order valence-corrected chi connectivity index (χ4v) is 4.66. The van der Waals surface area contributed by atoms with Gasteiger partial charge < -0.3 is 14.6 Å². The molecule has 2 heterocycles. The van der Waals surface area contributed by atoms with Gasteiger partial charge in [-0.25, -0.2) is 4.98 Å². The van der Waals surface area contributed by atoms with E-state index in [0.717, 1.165) is 24.2 Å². The van der Waals surface area contributed by atoms with Crippen LogP contribution in [0.25, 0.3) is 11.4 Å². The van der Waals surface area contributed by atoms with Gasteiger partial charge in [0.1, 0.15) is 23.4 Å². The molecule has 6 nitrogen and oxygen atoms in total. The Bertz CT molecular complexity index is 1100. The zero-order chi connectivity index (χ0) is 20.5. The summed E-state index contributed by atoms with van der Waals surface area (Å²) in [6, 6.07) is 20.5. The highest BCUT2D eigenvalue weighted by atomic mass is 16.5. The van der Waals surface area contributed by atoms with E-state index in [-0.39, 0.29) is 23.3 Å². The summed E-state index contributed by atoms with van der Waals surface area (Å²) in [5, 5.41) is 0. The third-order valence-electron chi connectivity index (χ3n) is 6.12. The molecule has 2 fully saturated rings. The van der Waals surface area contributed by atoms with Crippen LogP contribution in [0.4, 0.5) is 0 Å². The maximum Gasteiger partial charge on any atom is 0.272 e. The van der Waals surface area contributed by atoms with Gasteiger partial charge in [0.25, 0.3) is 11.5 Å². The van der Waals surface area contributed by atoms with Crippen molar-refractivity contribution in [2.45, 2.75) is 18.9 Å². The molecule has 3 atom stereocenters. The van der Waals surface area contributed by atoms with Gasteiger partial charge in [0, 0.05) is 30.6 Å². The summed E-state index contributed by atoms with van der Waals surface area (Å²) in [4.78, 5) is 34.3. The van der Waals surface area contributed by atoms with Gasteiger partial charge in [0.15, 0.2) is 0 Å². The molecule has 3 aromatic rings. The van der Waals surface area contributed by atoms with Gasteiger partial charge in [-0.15, -0.1) is 0 Å². The third-order valence-corrected chi connectivity index (χ3v) is 6.12. The first-order valence-electron chi connectivity index (χ1n) is 10.3. The minimum absolute atomic E-state index is 0.113. The van der Waals surface area contributed by atoms with E-state index in [4.69, 9.17) is 4.74 Å². The molecule has 1 saturated heterocycles. The second-order valence-corrected chi connectivity index (χ2v) is 8.03. The SMILES string of the molecule is O=C(c1cc(=O)[nH]c(-c2ccccc2)n1)N1C[C@@H]2CC[C@H](Oc3ccccc3)[C@@H]2C1. The fourth-order valence-electron chi connectivity index (χ4n) is 4.66. The average Bonchev–Trinajstić information content (AvgIpc) is 3.36. The summed E-state index contributed by atoms with van der Waals surface area (Å²) in [5.74, 6) is 1.84. The number of rotatable bonds is 4. The summed E-state index contributed by atoms with van der Waals surface area (Å²) in [6.45, 7) is 1.32. The predicted octanol–water partition coefficient (Wildman–Crippen LogP) is 3.37. The molecular weight excluding hydrogens is 378 g/mol. The second kappa shape index (κ2) is 7.78. The van der Waals surface area contributed by atoms with Crippen molar-refractivity contribution >= 4 is 5.91 Å². The highest BCUT2D eigenvalue weighted by Crippen LogP contribution is 2.40. The Hall–Kier alpha value is -3.41. The Morgan fingerprint density at radius 1 is 1.00 bits per heavy atom. The van der Waals surface area contributed by atoms with Crippen molar-refractivity contribution in [1.29, 1.82) is 0 Å². The van der Waals surface area contributed by atoms with Crippen LogP contribution in [0.15, 0.2) is 71.5 Å². The molecular formula is C24H23N3O3. The standard InChI is InChI=1S/C24H23N3O3/c28-22-13-20(25-23(26-22)16-7-3-1-4-8-16)24(29)27-14-17-11-12-21(19(17)15-27)30-18-9-5-2-6-10-18/h1-10,13,17,19,21H,11-12,14-15H2,(H,25,26,28)/t17-,19+,21-/m0/s1. The van der Waals surface area contributed by atoms with Crippen molar-refractivity contribution in [2.75, 3.05) is 13.1 Å². The number of amides is 1. The monoisotopic (exact) mass is 401 g/mol. The Labute approximate surface area is 174 Å². The van der Waals surface area contributed by atoms with Gasteiger partial charge in [-0.1, -0.05) is 48.5 Å².